The first-order valence-electron chi connectivity index (χ1n) is 7.06. The molecule has 5 heteroatoms. The fourth-order valence-corrected chi connectivity index (χ4v) is 2.93. The highest BCUT2D eigenvalue weighted by atomic mass is 28.4. The number of hydrogen-bond donors (Lipinski definition) is 0. The van der Waals surface area contributed by atoms with Gasteiger partial charge in [-0.2, -0.15) is 0 Å². The van der Waals surface area contributed by atoms with Crippen molar-refractivity contribution in [2.24, 2.45) is 0 Å². The highest BCUT2D eigenvalue weighted by Crippen LogP contribution is 2.39. The quantitative estimate of drug-likeness (QED) is 0.450. The maximum Gasteiger partial charge on any atom is 0.250 e. The third-order valence-electron chi connectivity index (χ3n) is 4.03. The van der Waals surface area contributed by atoms with Crippen LogP contribution >= 0.6 is 0 Å². The summed E-state index contributed by atoms with van der Waals surface area (Å²) in [6.45, 7) is 15.0. The third-order valence-corrected chi connectivity index (χ3v) is 8.36. The van der Waals surface area contributed by atoms with E-state index >= 15 is 0 Å². The summed E-state index contributed by atoms with van der Waals surface area (Å²) in [5.41, 5.74) is 2.86. The fourth-order valence-electron chi connectivity index (χ4n) is 1.80. The summed E-state index contributed by atoms with van der Waals surface area (Å²) >= 11 is 0. The smallest absolute Gasteiger partial charge is 0.250 e. The van der Waals surface area contributed by atoms with Gasteiger partial charge in [-0.3, -0.25) is 10.1 Å². The van der Waals surface area contributed by atoms with Gasteiger partial charge in [0.15, 0.2) is 0 Å². The van der Waals surface area contributed by atoms with E-state index in [4.69, 9.17) is 4.43 Å². The normalized spacial score (nSPS) is 12.7. The molecule has 0 atom stereocenters. The maximum atomic E-state index is 10.4. The van der Waals surface area contributed by atoms with E-state index in [1.54, 1.807) is 0 Å². The first kappa shape index (κ1) is 17.4. The van der Waals surface area contributed by atoms with E-state index in [1.807, 2.05) is 26.0 Å². The first-order chi connectivity index (χ1) is 9.44. The van der Waals surface area contributed by atoms with Crippen LogP contribution in [0.25, 0.3) is 6.08 Å². The predicted octanol–water partition coefficient (Wildman–Crippen LogP) is 4.93. The molecule has 0 spiro atoms. The Balaban J connectivity index is 3.14. The molecule has 21 heavy (non-hydrogen) atoms. The fraction of sp³-hybridized carbons (Fsp3) is 0.500. The van der Waals surface area contributed by atoms with Crippen LogP contribution in [0.5, 0.6) is 5.75 Å². The molecular formula is C16H25NO3Si. The summed E-state index contributed by atoms with van der Waals surface area (Å²) in [6.07, 6.45) is 2.47. The van der Waals surface area contributed by atoms with Gasteiger partial charge in [0, 0.05) is 6.08 Å². The van der Waals surface area contributed by atoms with Gasteiger partial charge in [0.05, 0.1) is 4.92 Å². The van der Waals surface area contributed by atoms with Crippen LogP contribution in [0.3, 0.4) is 0 Å². The van der Waals surface area contributed by atoms with Crippen molar-refractivity contribution < 1.29 is 9.35 Å². The van der Waals surface area contributed by atoms with E-state index in [0.717, 1.165) is 28.6 Å². The Morgan fingerprint density at radius 2 is 1.67 bits per heavy atom. The zero-order valence-corrected chi connectivity index (χ0v) is 15.0. The van der Waals surface area contributed by atoms with Crippen LogP contribution in [-0.2, 0) is 0 Å². The van der Waals surface area contributed by atoms with Crippen molar-refractivity contribution in [1.82, 2.24) is 0 Å². The minimum Gasteiger partial charge on any atom is -0.543 e. The lowest BCUT2D eigenvalue weighted by Crippen LogP contribution is -2.44. The van der Waals surface area contributed by atoms with E-state index in [1.165, 1.54) is 6.08 Å². The second-order valence-electron chi connectivity index (χ2n) is 6.95. The molecule has 0 amide bonds. The number of nitrogens with zero attached hydrogens (tertiary/aromatic N) is 1. The molecule has 116 valence electrons. The number of rotatable bonds is 4. The molecule has 1 rings (SSSR count). The largest absolute Gasteiger partial charge is 0.543 e. The van der Waals surface area contributed by atoms with Gasteiger partial charge < -0.3 is 4.43 Å². The molecule has 0 fully saturated rings. The van der Waals surface area contributed by atoms with Crippen molar-refractivity contribution in [1.29, 1.82) is 0 Å². The van der Waals surface area contributed by atoms with Crippen LogP contribution in [0.2, 0.25) is 18.1 Å². The molecule has 0 N–H and O–H groups in total. The number of hydrogen-bond acceptors (Lipinski definition) is 3. The minimum absolute atomic E-state index is 0.135. The van der Waals surface area contributed by atoms with Crippen LogP contribution in [0, 0.1) is 24.0 Å². The molecule has 0 unspecified atom stereocenters. The van der Waals surface area contributed by atoms with Gasteiger partial charge in [-0.05, 0) is 60.8 Å². The van der Waals surface area contributed by atoms with Gasteiger partial charge in [0.25, 0.3) is 8.32 Å². The Morgan fingerprint density at radius 3 is 2.05 bits per heavy atom. The van der Waals surface area contributed by atoms with Crippen molar-refractivity contribution in [3.8, 4) is 5.75 Å². The average Bonchev–Trinajstić information content (AvgIpc) is 2.29. The van der Waals surface area contributed by atoms with Gasteiger partial charge in [-0.25, -0.2) is 0 Å². The molecular weight excluding hydrogens is 282 g/mol. The highest BCUT2D eigenvalue weighted by molar-refractivity contribution is 6.74. The van der Waals surface area contributed by atoms with E-state index < -0.39 is 13.2 Å². The van der Waals surface area contributed by atoms with Gasteiger partial charge in [0.1, 0.15) is 5.75 Å². The third kappa shape index (κ3) is 4.42. The Labute approximate surface area is 128 Å². The lowest BCUT2D eigenvalue weighted by atomic mass is 10.1. The molecule has 1 aromatic rings. The monoisotopic (exact) mass is 307 g/mol. The Morgan fingerprint density at radius 1 is 1.19 bits per heavy atom. The summed E-state index contributed by atoms with van der Waals surface area (Å²) in [7, 11) is -1.89. The lowest BCUT2D eigenvalue weighted by molar-refractivity contribution is -0.400. The van der Waals surface area contributed by atoms with Crippen LogP contribution < -0.4 is 4.43 Å². The molecule has 0 heterocycles. The predicted molar refractivity (Wildman–Crippen MR) is 89.8 cm³/mol. The molecule has 0 saturated carbocycles. The van der Waals surface area contributed by atoms with E-state index in [-0.39, 0.29) is 5.04 Å². The van der Waals surface area contributed by atoms with Crippen molar-refractivity contribution in [2.75, 3.05) is 0 Å². The van der Waals surface area contributed by atoms with Crippen LogP contribution in [-0.4, -0.2) is 13.2 Å². The van der Waals surface area contributed by atoms with Crippen molar-refractivity contribution >= 4 is 14.4 Å². The maximum absolute atomic E-state index is 10.4. The number of benzene rings is 1. The summed E-state index contributed by atoms with van der Waals surface area (Å²) in [5.74, 6) is 0.917. The highest BCUT2D eigenvalue weighted by Gasteiger charge is 2.39. The van der Waals surface area contributed by atoms with Crippen molar-refractivity contribution in [3.05, 3.63) is 45.1 Å². The summed E-state index contributed by atoms with van der Waals surface area (Å²) in [4.78, 5) is 9.95. The van der Waals surface area contributed by atoms with Crippen LogP contribution in [0.4, 0.5) is 0 Å². The summed E-state index contributed by atoms with van der Waals surface area (Å²) in [6, 6.07) is 3.85. The van der Waals surface area contributed by atoms with Gasteiger partial charge in [-0.1, -0.05) is 20.8 Å². The van der Waals surface area contributed by atoms with E-state index in [0.29, 0.717) is 0 Å². The Hall–Kier alpha value is -1.62. The van der Waals surface area contributed by atoms with E-state index in [9.17, 15) is 10.1 Å². The standard InChI is InChI=1S/C16H25NO3Si/c1-12-10-14(8-9-17(18)19)11-13(2)15(12)20-21(6,7)16(3,4)5/h8-11H,1-7H3. The molecule has 0 aromatic heterocycles. The molecule has 0 bridgehead atoms. The van der Waals surface area contributed by atoms with Crippen LogP contribution in [0.15, 0.2) is 18.3 Å². The second kappa shape index (κ2) is 6.01. The molecule has 0 aliphatic rings. The number of nitro groups is 1. The van der Waals surface area contributed by atoms with Gasteiger partial charge in [0.2, 0.25) is 6.20 Å². The van der Waals surface area contributed by atoms with Gasteiger partial charge >= 0.3 is 0 Å². The molecule has 0 aliphatic heterocycles. The topological polar surface area (TPSA) is 52.4 Å². The second-order valence-corrected chi connectivity index (χ2v) is 11.7. The number of aryl methyl sites for hydroxylation is 2. The Kier molecular flexibility index (Phi) is 4.99. The lowest BCUT2D eigenvalue weighted by Gasteiger charge is -2.37. The Bertz CT molecular complexity index is 548. The molecule has 0 radical (unpaired) electrons. The SMILES string of the molecule is Cc1cc(C=C[N+](=O)[O-])cc(C)c1O[Si](C)(C)C(C)(C)C. The minimum atomic E-state index is -1.89. The summed E-state index contributed by atoms with van der Waals surface area (Å²) in [5, 5.41) is 10.5. The zero-order valence-electron chi connectivity index (χ0n) is 14.0. The molecule has 1 aromatic carbocycles. The van der Waals surface area contributed by atoms with E-state index in [2.05, 4.69) is 33.9 Å². The molecule has 0 saturated heterocycles. The molecule has 4 nitrogen and oxygen atoms in total. The van der Waals surface area contributed by atoms with Crippen molar-refractivity contribution in [2.45, 2.75) is 52.8 Å². The van der Waals surface area contributed by atoms with Crippen molar-refractivity contribution in [3.63, 3.8) is 0 Å². The average molecular weight is 307 g/mol. The van der Waals surface area contributed by atoms with Gasteiger partial charge in [-0.15, -0.1) is 0 Å². The molecule has 0 aliphatic carbocycles. The zero-order chi connectivity index (χ0) is 16.4. The first-order valence-corrected chi connectivity index (χ1v) is 9.97. The van der Waals surface area contributed by atoms with Crippen LogP contribution in [0.1, 0.15) is 37.5 Å². The summed E-state index contributed by atoms with van der Waals surface area (Å²) < 4.78 is 6.39.